The molecule has 0 aromatic heterocycles. The minimum absolute atomic E-state index is 0.0750. The van der Waals surface area contributed by atoms with Gasteiger partial charge in [0, 0.05) is 12.3 Å². The summed E-state index contributed by atoms with van der Waals surface area (Å²) in [6.45, 7) is 2.38. The van der Waals surface area contributed by atoms with Gasteiger partial charge >= 0.3 is 0 Å². The Hall–Kier alpha value is -0.220. The maximum absolute atomic E-state index is 10.8. The second-order valence-electron chi connectivity index (χ2n) is 2.07. The molecule has 1 atom stereocenters. The van der Waals surface area contributed by atoms with Crippen molar-refractivity contribution in [1.82, 2.24) is 5.32 Å². The highest BCUT2D eigenvalue weighted by Gasteiger charge is 2.04. The number of rotatable bonds is 4. The molecule has 0 aliphatic rings. The molecule has 3 nitrogen and oxygen atoms in total. The van der Waals surface area contributed by atoms with Crippen LogP contribution >= 0.6 is 11.8 Å². The largest absolute Gasteiger partial charge is 0.354 e. The molecule has 0 aliphatic carbocycles. The van der Waals surface area contributed by atoms with E-state index < -0.39 is 0 Å². The SMILES string of the molecule is CSCCNC(=O)C(C)N. The monoisotopic (exact) mass is 162 g/mol. The predicted octanol–water partition coefficient (Wildman–Crippen LogP) is -0.187. The highest BCUT2D eigenvalue weighted by atomic mass is 32.2. The zero-order valence-electron chi connectivity index (χ0n) is 6.39. The smallest absolute Gasteiger partial charge is 0.236 e. The van der Waals surface area contributed by atoms with E-state index in [2.05, 4.69) is 5.32 Å². The van der Waals surface area contributed by atoms with E-state index >= 15 is 0 Å². The van der Waals surface area contributed by atoms with Gasteiger partial charge in [-0.2, -0.15) is 11.8 Å². The second kappa shape index (κ2) is 5.56. The summed E-state index contributed by atoms with van der Waals surface area (Å²) >= 11 is 1.70. The Labute approximate surface area is 65.7 Å². The number of carbonyl (C=O) groups is 1. The summed E-state index contributed by atoms with van der Waals surface area (Å²) in [4.78, 5) is 10.8. The van der Waals surface area contributed by atoms with Crippen LogP contribution in [-0.2, 0) is 4.79 Å². The number of carbonyl (C=O) groups excluding carboxylic acids is 1. The van der Waals surface area contributed by atoms with Gasteiger partial charge in [-0.3, -0.25) is 4.79 Å². The van der Waals surface area contributed by atoms with Crippen LogP contribution in [-0.4, -0.2) is 30.5 Å². The van der Waals surface area contributed by atoms with Crippen LogP contribution in [0.25, 0.3) is 0 Å². The molecule has 0 saturated carbocycles. The first-order valence-corrected chi connectivity index (χ1v) is 4.60. The van der Waals surface area contributed by atoms with Crippen molar-refractivity contribution in [2.24, 2.45) is 5.73 Å². The first-order chi connectivity index (χ1) is 4.68. The number of nitrogens with two attached hydrogens (primary N) is 1. The summed E-state index contributed by atoms with van der Waals surface area (Å²) in [6, 6.07) is -0.387. The van der Waals surface area contributed by atoms with E-state index in [4.69, 9.17) is 5.73 Å². The Bertz CT molecular complexity index is 106. The fraction of sp³-hybridized carbons (Fsp3) is 0.833. The van der Waals surface area contributed by atoms with Gasteiger partial charge in [0.05, 0.1) is 6.04 Å². The average molecular weight is 162 g/mol. The third-order valence-corrected chi connectivity index (χ3v) is 1.63. The number of nitrogens with one attached hydrogen (secondary N) is 1. The van der Waals surface area contributed by atoms with Gasteiger partial charge in [0.15, 0.2) is 0 Å². The molecule has 0 aromatic rings. The summed E-state index contributed by atoms with van der Waals surface area (Å²) in [7, 11) is 0. The van der Waals surface area contributed by atoms with Gasteiger partial charge in [-0.1, -0.05) is 0 Å². The van der Waals surface area contributed by atoms with Crippen molar-refractivity contribution < 1.29 is 4.79 Å². The number of hydrogen-bond acceptors (Lipinski definition) is 3. The van der Waals surface area contributed by atoms with Crippen LogP contribution in [0.4, 0.5) is 0 Å². The Morgan fingerprint density at radius 2 is 2.40 bits per heavy atom. The Balaban J connectivity index is 3.22. The molecule has 0 aromatic carbocycles. The number of thioether (sulfide) groups is 1. The first kappa shape index (κ1) is 9.78. The summed E-state index contributed by atoms with van der Waals surface area (Å²) in [5.74, 6) is 0.868. The Kier molecular flexibility index (Phi) is 5.43. The molecule has 0 fully saturated rings. The Morgan fingerprint density at radius 1 is 1.80 bits per heavy atom. The van der Waals surface area contributed by atoms with Crippen molar-refractivity contribution in [3.05, 3.63) is 0 Å². The van der Waals surface area contributed by atoms with Crippen molar-refractivity contribution in [3.8, 4) is 0 Å². The van der Waals surface area contributed by atoms with Crippen molar-refractivity contribution in [1.29, 1.82) is 0 Å². The zero-order valence-corrected chi connectivity index (χ0v) is 7.20. The highest BCUT2D eigenvalue weighted by Crippen LogP contribution is 1.87. The molecular formula is C6H14N2OS. The third-order valence-electron chi connectivity index (χ3n) is 1.02. The molecule has 3 N–H and O–H groups in total. The molecular weight excluding hydrogens is 148 g/mol. The number of hydrogen-bond donors (Lipinski definition) is 2. The van der Waals surface area contributed by atoms with Crippen LogP contribution < -0.4 is 11.1 Å². The summed E-state index contributed by atoms with van der Waals surface area (Å²) in [5.41, 5.74) is 5.30. The number of amides is 1. The van der Waals surface area contributed by atoms with Crippen LogP contribution in [0, 0.1) is 0 Å². The van der Waals surface area contributed by atoms with Crippen LogP contribution in [0.15, 0.2) is 0 Å². The summed E-state index contributed by atoms with van der Waals surface area (Å²) in [6.07, 6.45) is 2.00. The quantitative estimate of drug-likeness (QED) is 0.563. The molecule has 60 valence electrons. The minimum Gasteiger partial charge on any atom is -0.354 e. The van der Waals surface area contributed by atoms with Gasteiger partial charge in [-0.15, -0.1) is 0 Å². The lowest BCUT2D eigenvalue weighted by Crippen LogP contribution is -2.39. The van der Waals surface area contributed by atoms with Gasteiger partial charge < -0.3 is 11.1 Å². The summed E-state index contributed by atoms with van der Waals surface area (Å²) < 4.78 is 0. The normalized spacial score (nSPS) is 12.7. The fourth-order valence-electron chi connectivity index (χ4n) is 0.437. The van der Waals surface area contributed by atoms with Crippen molar-refractivity contribution in [2.45, 2.75) is 13.0 Å². The predicted molar refractivity (Wildman–Crippen MR) is 45.0 cm³/mol. The van der Waals surface area contributed by atoms with Crippen LogP contribution in [0.3, 0.4) is 0 Å². The van der Waals surface area contributed by atoms with Crippen LogP contribution in [0.1, 0.15) is 6.92 Å². The lowest BCUT2D eigenvalue weighted by atomic mass is 10.3. The molecule has 0 heterocycles. The first-order valence-electron chi connectivity index (χ1n) is 3.20. The molecule has 10 heavy (non-hydrogen) atoms. The molecule has 0 spiro atoms. The average Bonchev–Trinajstić information content (AvgIpc) is 1.88. The molecule has 0 aliphatic heterocycles. The van der Waals surface area contributed by atoms with Crippen molar-refractivity contribution in [3.63, 3.8) is 0 Å². The van der Waals surface area contributed by atoms with Gasteiger partial charge in [0.25, 0.3) is 0 Å². The van der Waals surface area contributed by atoms with E-state index in [-0.39, 0.29) is 11.9 Å². The van der Waals surface area contributed by atoms with Crippen LogP contribution in [0.2, 0.25) is 0 Å². The standard InChI is InChI=1S/C6H14N2OS/c1-5(7)6(9)8-3-4-10-2/h5H,3-4,7H2,1-2H3,(H,8,9). The van der Waals surface area contributed by atoms with Gasteiger partial charge in [0.1, 0.15) is 0 Å². The van der Waals surface area contributed by atoms with E-state index in [0.29, 0.717) is 6.54 Å². The molecule has 4 heteroatoms. The molecule has 1 unspecified atom stereocenters. The molecule has 0 bridgehead atoms. The van der Waals surface area contributed by atoms with Gasteiger partial charge in [-0.25, -0.2) is 0 Å². The fourth-order valence-corrected chi connectivity index (χ4v) is 0.743. The zero-order chi connectivity index (χ0) is 7.98. The van der Waals surface area contributed by atoms with Crippen molar-refractivity contribution >= 4 is 17.7 Å². The minimum atomic E-state index is -0.387. The van der Waals surface area contributed by atoms with E-state index in [1.54, 1.807) is 18.7 Å². The molecule has 0 saturated heterocycles. The highest BCUT2D eigenvalue weighted by molar-refractivity contribution is 7.98. The van der Waals surface area contributed by atoms with Gasteiger partial charge in [-0.05, 0) is 13.2 Å². The van der Waals surface area contributed by atoms with Crippen LogP contribution in [0.5, 0.6) is 0 Å². The molecule has 1 amide bonds. The van der Waals surface area contributed by atoms with Crippen molar-refractivity contribution in [2.75, 3.05) is 18.6 Å². The maximum atomic E-state index is 10.8. The lowest BCUT2D eigenvalue weighted by molar-refractivity contribution is -0.121. The topological polar surface area (TPSA) is 55.1 Å². The lowest BCUT2D eigenvalue weighted by Gasteiger charge is -2.05. The van der Waals surface area contributed by atoms with E-state index in [0.717, 1.165) is 5.75 Å². The third kappa shape index (κ3) is 4.64. The maximum Gasteiger partial charge on any atom is 0.236 e. The molecule has 0 radical (unpaired) electrons. The van der Waals surface area contributed by atoms with Gasteiger partial charge in [0.2, 0.25) is 5.91 Å². The Morgan fingerprint density at radius 3 is 2.80 bits per heavy atom. The van der Waals surface area contributed by atoms with E-state index in [9.17, 15) is 4.79 Å². The van der Waals surface area contributed by atoms with E-state index in [1.807, 2.05) is 6.26 Å². The second-order valence-corrected chi connectivity index (χ2v) is 3.06. The summed E-state index contributed by atoms with van der Waals surface area (Å²) in [5, 5.41) is 2.70. The molecule has 0 rings (SSSR count). The van der Waals surface area contributed by atoms with E-state index in [1.165, 1.54) is 0 Å².